The van der Waals surface area contributed by atoms with Crippen molar-refractivity contribution in [3.8, 4) is 11.1 Å². The quantitative estimate of drug-likeness (QED) is 0.833. The molecule has 20 heavy (non-hydrogen) atoms. The van der Waals surface area contributed by atoms with Gasteiger partial charge >= 0.3 is 0 Å². The molecule has 0 heterocycles. The second-order valence-corrected chi connectivity index (χ2v) is 6.00. The van der Waals surface area contributed by atoms with E-state index in [1.54, 1.807) is 24.3 Å². The number of rotatable bonds is 4. The largest absolute Gasteiger partial charge is 0.310 e. The van der Waals surface area contributed by atoms with Crippen LogP contribution < -0.4 is 5.32 Å². The van der Waals surface area contributed by atoms with Gasteiger partial charge in [-0.3, -0.25) is 0 Å². The standard InChI is InChI=1S/C16H14Cl2FN/c17-12-6-11(7-13(18)8-12)15-5-10(1-4-16(15)19)9-20-14-2-3-14/h1,4-8,14,20H,2-3,9H2. The molecule has 104 valence electrons. The Kier molecular flexibility index (Phi) is 3.97. The highest BCUT2D eigenvalue weighted by atomic mass is 35.5. The van der Waals surface area contributed by atoms with Crippen LogP contribution in [0.1, 0.15) is 18.4 Å². The third kappa shape index (κ3) is 3.32. The van der Waals surface area contributed by atoms with E-state index < -0.39 is 0 Å². The van der Waals surface area contributed by atoms with Crippen LogP contribution in [0.3, 0.4) is 0 Å². The van der Waals surface area contributed by atoms with Crippen LogP contribution in [0.5, 0.6) is 0 Å². The zero-order valence-corrected chi connectivity index (χ0v) is 12.3. The second-order valence-electron chi connectivity index (χ2n) is 5.13. The molecule has 0 amide bonds. The van der Waals surface area contributed by atoms with Crippen molar-refractivity contribution in [2.24, 2.45) is 0 Å². The third-order valence-corrected chi connectivity index (χ3v) is 3.81. The molecular weight excluding hydrogens is 296 g/mol. The molecule has 1 fully saturated rings. The van der Waals surface area contributed by atoms with Gasteiger partial charge in [-0.05, 0) is 54.3 Å². The first kappa shape index (κ1) is 13.9. The van der Waals surface area contributed by atoms with Gasteiger partial charge in [0.2, 0.25) is 0 Å². The summed E-state index contributed by atoms with van der Waals surface area (Å²) >= 11 is 12.0. The Balaban J connectivity index is 1.91. The fraction of sp³-hybridized carbons (Fsp3) is 0.250. The summed E-state index contributed by atoms with van der Waals surface area (Å²) in [6.07, 6.45) is 2.47. The highest BCUT2D eigenvalue weighted by Crippen LogP contribution is 2.30. The molecule has 0 atom stereocenters. The Bertz CT molecular complexity index is 618. The number of halogens is 3. The Morgan fingerprint density at radius 2 is 1.75 bits per heavy atom. The van der Waals surface area contributed by atoms with Gasteiger partial charge < -0.3 is 5.32 Å². The Labute approximate surface area is 127 Å². The first-order chi connectivity index (χ1) is 9.61. The molecular formula is C16H14Cl2FN. The molecule has 0 saturated heterocycles. The molecule has 1 N–H and O–H groups in total. The fourth-order valence-corrected chi connectivity index (χ4v) is 2.69. The van der Waals surface area contributed by atoms with E-state index in [-0.39, 0.29) is 5.82 Å². The third-order valence-electron chi connectivity index (χ3n) is 3.38. The molecule has 0 aromatic heterocycles. The zero-order chi connectivity index (χ0) is 14.1. The van der Waals surface area contributed by atoms with Gasteiger partial charge in [0.15, 0.2) is 0 Å². The summed E-state index contributed by atoms with van der Waals surface area (Å²) in [7, 11) is 0. The van der Waals surface area contributed by atoms with E-state index in [4.69, 9.17) is 23.2 Å². The Hall–Kier alpha value is -1.09. The predicted octanol–water partition coefficient (Wildman–Crippen LogP) is 5.05. The molecule has 0 aliphatic heterocycles. The van der Waals surface area contributed by atoms with Gasteiger partial charge in [-0.2, -0.15) is 0 Å². The summed E-state index contributed by atoms with van der Waals surface area (Å²) < 4.78 is 14.0. The van der Waals surface area contributed by atoms with Crippen LogP contribution in [-0.2, 0) is 6.54 Å². The van der Waals surface area contributed by atoms with E-state index in [9.17, 15) is 4.39 Å². The lowest BCUT2D eigenvalue weighted by Crippen LogP contribution is -2.15. The van der Waals surface area contributed by atoms with Gasteiger partial charge in [0, 0.05) is 28.2 Å². The smallest absolute Gasteiger partial charge is 0.131 e. The van der Waals surface area contributed by atoms with E-state index in [1.165, 1.54) is 18.9 Å². The lowest BCUT2D eigenvalue weighted by molar-refractivity contribution is 0.628. The van der Waals surface area contributed by atoms with Gasteiger partial charge in [-0.15, -0.1) is 0 Å². The van der Waals surface area contributed by atoms with Crippen molar-refractivity contribution >= 4 is 23.2 Å². The van der Waals surface area contributed by atoms with Gasteiger partial charge in [-0.1, -0.05) is 29.3 Å². The van der Waals surface area contributed by atoms with E-state index >= 15 is 0 Å². The van der Waals surface area contributed by atoms with Crippen LogP contribution >= 0.6 is 23.2 Å². The Morgan fingerprint density at radius 3 is 2.40 bits per heavy atom. The minimum absolute atomic E-state index is 0.265. The van der Waals surface area contributed by atoms with Crippen LogP contribution in [0.25, 0.3) is 11.1 Å². The molecule has 0 radical (unpaired) electrons. The first-order valence-corrected chi connectivity index (χ1v) is 7.36. The molecule has 0 spiro atoms. The van der Waals surface area contributed by atoms with Crippen molar-refractivity contribution in [1.29, 1.82) is 0 Å². The van der Waals surface area contributed by atoms with Crippen molar-refractivity contribution in [2.75, 3.05) is 0 Å². The normalized spacial score (nSPS) is 14.6. The number of hydrogen-bond donors (Lipinski definition) is 1. The molecule has 0 unspecified atom stereocenters. The van der Waals surface area contributed by atoms with Crippen LogP contribution in [0.15, 0.2) is 36.4 Å². The Morgan fingerprint density at radius 1 is 1.05 bits per heavy atom. The first-order valence-electron chi connectivity index (χ1n) is 6.60. The predicted molar refractivity (Wildman–Crippen MR) is 81.7 cm³/mol. The summed E-state index contributed by atoms with van der Waals surface area (Å²) in [6, 6.07) is 10.9. The topological polar surface area (TPSA) is 12.0 Å². The number of nitrogens with one attached hydrogen (secondary N) is 1. The van der Waals surface area contributed by atoms with Crippen molar-refractivity contribution < 1.29 is 4.39 Å². The summed E-state index contributed by atoms with van der Waals surface area (Å²) in [5, 5.41) is 4.43. The summed E-state index contributed by atoms with van der Waals surface area (Å²) in [4.78, 5) is 0. The van der Waals surface area contributed by atoms with Gasteiger partial charge in [0.05, 0.1) is 0 Å². The lowest BCUT2D eigenvalue weighted by Gasteiger charge is -2.09. The zero-order valence-electron chi connectivity index (χ0n) is 10.8. The number of benzene rings is 2. The highest BCUT2D eigenvalue weighted by molar-refractivity contribution is 6.35. The monoisotopic (exact) mass is 309 g/mol. The van der Waals surface area contributed by atoms with Gasteiger partial charge in [0.1, 0.15) is 5.82 Å². The van der Waals surface area contributed by atoms with Crippen LogP contribution in [0.2, 0.25) is 10.0 Å². The molecule has 0 bridgehead atoms. The second kappa shape index (κ2) is 5.72. The van der Waals surface area contributed by atoms with Crippen LogP contribution in [0.4, 0.5) is 4.39 Å². The van der Waals surface area contributed by atoms with E-state index in [2.05, 4.69) is 5.32 Å². The molecule has 2 aromatic rings. The maximum Gasteiger partial charge on any atom is 0.131 e. The van der Waals surface area contributed by atoms with Crippen molar-refractivity contribution in [2.45, 2.75) is 25.4 Å². The molecule has 2 aromatic carbocycles. The average Bonchev–Trinajstić information content (AvgIpc) is 3.20. The lowest BCUT2D eigenvalue weighted by atomic mass is 10.0. The van der Waals surface area contributed by atoms with Crippen LogP contribution in [-0.4, -0.2) is 6.04 Å². The minimum atomic E-state index is -0.265. The van der Waals surface area contributed by atoms with E-state index in [0.717, 1.165) is 12.1 Å². The van der Waals surface area contributed by atoms with E-state index in [1.807, 2.05) is 6.07 Å². The molecule has 4 heteroatoms. The fourth-order valence-electron chi connectivity index (χ4n) is 2.16. The van der Waals surface area contributed by atoms with Crippen molar-refractivity contribution in [3.63, 3.8) is 0 Å². The molecule has 1 saturated carbocycles. The van der Waals surface area contributed by atoms with Crippen molar-refractivity contribution in [3.05, 3.63) is 57.8 Å². The van der Waals surface area contributed by atoms with Gasteiger partial charge in [0.25, 0.3) is 0 Å². The average molecular weight is 310 g/mol. The van der Waals surface area contributed by atoms with Gasteiger partial charge in [-0.25, -0.2) is 4.39 Å². The summed E-state index contributed by atoms with van der Waals surface area (Å²) in [6.45, 7) is 0.756. The van der Waals surface area contributed by atoms with Crippen LogP contribution in [0, 0.1) is 5.82 Å². The maximum atomic E-state index is 14.0. The minimum Gasteiger partial charge on any atom is -0.310 e. The molecule has 1 nitrogen and oxygen atoms in total. The van der Waals surface area contributed by atoms with Crippen molar-refractivity contribution in [1.82, 2.24) is 5.32 Å². The SMILES string of the molecule is Fc1ccc(CNC2CC2)cc1-c1cc(Cl)cc(Cl)c1. The summed E-state index contributed by atoms with van der Waals surface area (Å²) in [5.41, 5.74) is 2.29. The molecule has 3 rings (SSSR count). The van der Waals surface area contributed by atoms with E-state index in [0.29, 0.717) is 27.2 Å². The molecule has 1 aliphatic carbocycles. The molecule has 1 aliphatic rings. The highest BCUT2D eigenvalue weighted by Gasteiger charge is 2.20. The number of hydrogen-bond acceptors (Lipinski definition) is 1. The summed E-state index contributed by atoms with van der Waals surface area (Å²) in [5.74, 6) is -0.265. The maximum absolute atomic E-state index is 14.0.